The summed E-state index contributed by atoms with van der Waals surface area (Å²) in [6.07, 6.45) is -1.33. The van der Waals surface area contributed by atoms with Crippen LogP contribution in [0.3, 0.4) is 0 Å². The summed E-state index contributed by atoms with van der Waals surface area (Å²) in [7, 11) is 1.84. The number of nitrogens with zero attached hydrogens (tertiary/aromatic N) is 3. The first-order valence-electron chi connectivity index (χ1n) is 8.02. The quantitative estimate of drug-likeness (QED) is 0.796. The fourth-order valence-electron chi connectivity index (χ4n) is 2.89. The van der Waals surface area contributed by atoms with Crippen molar-refractivity contribution in [1.29, 1.82) is 0 Å². The van der Waals surface area contributed by atoms with Crippen molar-refractivity contribution in [2.75, 3.05) is 19.6 Å². The molecule has 1 atom stereocenters. The van der Waals surface area contributed by atoms with Crippen LogP contribution in [0.5, 0.6) is 0 Å². The van der Waals surface area contributed by atoms with Crippen molar-refractivity contribution in [3.05, 3.63) is 18.0 Å². The molecule has 1 aromatic rings. The fraction of sp³-hybridized carbons (Fsp3) is 0.733. The monoisotopic (exact) mass is 348 g/mol. The summed E-state index contributed by atoms with van der Waals surface area (Å²) in [6, 6.07) is -0.263. The molecule has 0 aromatic carbocycles. The Morgan fingerprint density at radius 3 is 2.67 bits per heavy atom. The molecular weight excluding hydrogens is 325 g/mol. The number of alkyl halides is 3. The van der Waals surface area contributed by atoms with Gasteiger partial charge in [0.2, 0.25) is 0 Å². The van der Waals surface area contributed by atoms with Crippen LogP contribution in [0.15, 0.2) is 12.4 Å². The van der Waals surface area contributed by atoms with Crippen molar-refractivity contribution in [3.63, 3.8) is 0 Å². The minimum Gasteiger partial charge on any atom is -0.383 e. The van der Waals surface area contributed by atoms with Gasteiger partial charge in [-0.1, -0.05) is 0 Å². The lowest BCUT2D eigenvalue weighted by Crippen LogP contribution is -2.48. The Morgan fingerprint density at radius 2 is 2.12 bits per heavy atom. The molecule has 0 bridgehead atoms. The van der Waals surface area contributed by atoms with Gasteiger partial charge in [-0.05, 0) is 37.2 Å². The standard InChI is InChI=1S/C15H23F3N4O2/c1-21-10-11(9-20-21)3-2-6-19-14(24)22-7-4-12(5-8-22)13(23)15(16,17)18/h9-10,12-13,23H,2-8H2,1H3,(H,19,24). The van der Waals surface area contributed by atoms with Crippen LogP contribution in [0.25, 0.3) is 0 Å². The van der Waals surface area contributed by atoms with Gasteiger partial charge in [-0.2, -0.15) is 18.3 Å². The number of likely N-dealkylation sites (tertiary alicyclic amines) is 1. The Kier molecular flexibility index (Phi) is 6.09. The maximum Gasteiger partial charge on any atom is 0.414 e. The number of amides is 2. The minimum absolute atomic E-state index is 0.157. The number of aliphatic hydroxyl groups excluding tert-OH is 1. The Balaban J connectivity index is 1.65. The van der Waals surface area contributed by atoms with Crippen molar-refractivity contribution in [1.82, 2.24) is 20.0 Å². The number of aromatic nitrogens is 2. The maximum atomic E-state index is 12.5. The van der Waals surface area contributed by atoms with Gasteiger partial charge in [-0.3, -0.25) is 4.68 Å². The van der Waals surface area contributed by atoms with Gasteiger partial charge in [0, 0.05) is 32.9 Å². The summed E-state index contributed by atoms with van der Waals surface area (Å²) < 4.78 is 39.2. The highest BCUT2D eigenvalue weighted by atomic mass is 19.4. The maximum absolute atomic E-state index is 12.5. The van der Waals surface area contributed by atoms with Crippen LogP contribution in [0.2, 0.25) is 0 Å². The third-order valence-electron chi connectivity index (χ3n) is 4.29. The van der Waals surface area contributed by atoms with Gasteiger partial charge in [0.15, 0.2) is 6.10 Å². The van der Waals surface area contributed by atoms with Crippen molar-refractivity contribution >= 4 is 6.03 Å². The Hall–Kier alpha value is -1.77. The molecule has 1 saturated heterocycles. The molecule has 2 heterocycles. The second-order valence-electron chi connectivity index (χ2n) is 6.17. The Labute approximate surface area is 138 Å². The number of nitrogens with one attached hydrogen (secondary N) is 1. The summed E-state index contributed by atoms with van der Waals surface area (Å²) in [5.41, 5.74) is 1.09. The summed E-state index contributed by atoms with van der Waals surface area (Å²) in [4.78, 5) is 13.5. The molecule has 2 rings (SSSR count). The minimum atomic E-state index is -4.60. The molecule has 0 aliphatic carbocycles. The highest BCUT2D eigenvalue weighted by Gasteiger charge is 2.44. The number of carbonyl (C=O) groups is 1. The van der Waals surface area contributed by atoms with Crippen LogP contribution in [0.4, 0.5) is 18.0 Å². The molecule has 24 heavy (non-hydrogen) atoms. The van der Waals surface area contributed by atoms with Crippen LogP contribution in [-0.4, -0.2) is 57.7 Å². The van der Waals surface area contributed by atoms with E-state index in [1.54, 1.807) is 10.9 Å². The topological polar surface area (TPSA) is 70.4 Å². The van der Waals surface area contributed by atoms with E-state index in [2.05, 4.69) is 10.4 Å². The molecule has 9 heteroatoms. The van der Waals surface area contributed by atoms with E-state index in [1.165, 1.54) is 4.90 Å². The number of hydrogen-bond donors (Lipinski definition) is 2. The van der Waals surface area contributed by atoms with Crippen LogP contribution in [0, 0.1) is 5.92 Å². The smallest absolute Gasteiger partial charge is 0.383 e. The predicted octanol–water partition coefficient (Wildman–Crippen LogP) is 1.70. The largest absolute Gasteiger partial charge is 0.414 e. The molecule has 1 fully saturated rings. The SMILES string of the molecule is Cn1cc(CCCNC(=O)N2CCC(C(O)C(F)(F)F)CC2)cn1. The summed E-state index contributed by atoms with van der Waals surface area (Å²) >= 11 is 0. The van der Waals surface area contributed by atoms with E-state index in [1.807, 2.05) is 13.2 Å². The average Bonchev–Trinajstić information content (AvgIpc) is 2.95. The van der Waals surface area contributed by atoms with Crippen molar-refractivity contribution in [3.8, 4) is 0 Å². The zero-order chi connectivity index (χ0) is 17.7. The van der Waals surface area contributed by atoms with Gasteiger partial charge in [-0.15, -0.1) is 0 Å². The van der Waals surface area contributed by atoms with Crippen molar-refractivity contribution in [2.45, 2.75) is 38.0 Å². The number of rotatable bonds is 5. The number of halogens is 3. The third kappa shape index (κ3) is 5.12. The van der Waals surface area contributed by atoms with E-state index in [0.717, 1.165) is 18.4 Å². The molecule has 0 spiro atoms. The number of urea groups is 1. The molecule has 136 valence electrons. The summed E-state index contributed by atoms with van der Waals surface area (Å²) in [5, 5.41) is 16.1. The number of aliphatic hydroxyl groups is 1. The van der Waals surface area contributed by atoms with Crippen LogP contribution in [0.1, 0.15) is 24.8 Å². The second-order valence-corrected chi connectivity index (χ2v) is 6.17. The third-order valence-corrected chi connectivity index (χ3v) is 4.29. The molecule has 1 unspecified atom stereocenters. The zero-order valence-corrected chi connectivity index (χ0v) is 13.6. The first-order chi connectivity index (χ1) is 11.3. The van der Waals surface area contributed by atoms with Crippen LogP contribution in [-0.2, 0) is 13.5 Å². The number of aryl methyl sites for hydroxylation is 2. The Morgan fingerprint density at radius 1 is 1.46 bits per heavy atom. The first-order valence-corrected chi connectivity index (χ1v) is 8.02. The molecule has 2 amide bonds. The molecule has 1 aliphatic rings. The molecule has 1 aliphatic heterocycles. The van der Waals surface area contributed by atoms with E-state index in [0.29, 0.717) is 6.54 Å². The van der Waals surface area contributed by atoms with E-state index >= 15 is 0 Å². The highest BCUT2D eigenvalue weighted by molar-refractivity contribution is 5.74. The zero-order valence-electron chi connectivity index (χ0n) is 13.6. The Bertz CT molecular complexity index is 539. The lowest BCUT2D eigenvalue weighted by Gasteiger charge is -2.34. The number of piperidine rings is 1. The lowest BCUT2D eigenvalue weighted by atomic mass is 9.91. The highest BCUT2D eigenvalue weighted by Crippen LogP contribution is 2.31. The van der Waals surface area contributed by atoms with E-state index in [4.69, 9.17) is 0 Å². The molecule has 6 nitrogen and oxygen atoms in total. The summed E-state index contributed by atoms with van der Waals surface area (Å²) in [5.74, 6) is -0.834. The van der Waals surface area contributed by atoms with Crippen LogP contribution >= 0.6 is 0 Å². The van der Waals surface area contributed by atoms with Crippen LogP contribution < -0.4 is 5.32 Å². The van der Waals surface area contributed by atoms with E-state index < -0.39 is 18.2 Å². The first kappa shape index (κ1) is 18.6. The van der Waals surface area contributed by atoms with Crippen molar-refractivity contribution < 1.29 is 23.1 Å². The lowest BCUT2D eigenvalue weighted by molar-refractivity contribution is -0.222. The van der Waals surface area contributed by atoms with E-state index in [9.17, 15) is 23.1 Å². The van der Waals surface area contributed by atoms with Gasteiger partial charge in [-0.25, -0.2) is 4.79 Å². The van der Waals surface area contributed by atoms with Gasteiger partial charge in [0.1, 0.15) is 0 Å². The van der Waals surface area contributed by atoms with Gasteiger partial charge >= 0.3 is 12.2 Å². The summed E-state index contributed by atoms with van der Waals surface area (Å²) in [6.45, 7) is 0.956. The normalized spacial score (nSPS) is 17.8. The molecular formula is C15H23F3N4O2. The van der Waals surface area contributed by atoms with Crippen molar-refractivity contribution in [2.24, 2.45) is 13.0 Å². The van der Waals surface area contributed by atoms with E-state index in [-0.39, 0.29) is 32.0 Å². The predicted molar refractivity (Wildman–Crippen MR) is 81.3 cm³/mol. The fourth-order valence-corrected chi connectivity index (χ4v) is 2.89. The molecule has 0 saturated carbocycles. The average molecular weight is 348 g/mol. The van der Waals surface area contributed by atoms with Gasteiger partial charge in [0.05, 0.1) is 6.20 Å². The number of hydrogen-bond acceptors (Lipinski definition) is 3. The molecule has 0 radical (unpaired) electrons. The second kappa shape index (κ2) is 7.87. The number of carbonyl (C=O) groups excluding carboxylic acids is 1. The molecule has 1 aromatic heterocycles. The molecule has 2 N–H and O–H groups in total. The van der Waals surface area contributed by atoms with Gasteiger partial charge in [0.25, 0.3) is 0 Å². The van der Waals surface area contributed by atoms with Gasteiger partial charge < -0.3 is 15.3 Å².